The van der Waals surface area contributed by atoms with Gasteiger partial charge >= 0.3 is 0 Å². The molecule has 2 heterocycles. The second-order valence-electron chi connectivity index (χ2n) is 11.7. The van der Waals surface area contributed by atoms with Crippen LogP contribution in [0.5, 0.6) is 0 Å². The fourth-order valence-electron chi connectivity index (χ4n) is 7.07. The first-order valence-corrected chi connectivity index (χ1v) is 16.4. The van der Waals surface area contributed by atoms with E-state index in [-0.39, 0.29) is 6.04 Å². The highest BCUT2D eigenvalue weighted by molar-refractivity contribution is 7.25. The summed E-state index contributed by atoms with van der Waals surface area (Å²) in [6, 6.07) is 53.0. The standard InChI is InChI=1S/C42H30N2S/c1-2-12-29(13-3-1)33-14-4-8-18-38(33)43(32-26-27-37-36-17-7-11-21-41(36)45-42(37)28-32)30-22-24-31(25-23-30)44-39-19-9-5-15-34(39)35-16-6-10-20-40(35)44/h1-22,24-28,30H,23H2. The fraction of sp³-hybridized carbons (Fsp3) is 0.0476. The summed E-state index contributed by atoms with van der Waals surface area (Å²) in [5.74, 6) is 0. The third-order valence-electron chi connectivity index (χ3n) is 9.12. The van der Waals surface area contributed by atoms with E-state index < -0.39 is 0 Å². The molecule has 1 atom stereocenters. The predicted molar refractivity (Wildman–Crippen MR) is 195 cm³/mol. The zero-order chi connectivity index (χ0) is 29.7. The number of fused-ring (bicyclic) bond motifs is 6. The summed E-state index contributed by atoms with van der Waals surface area (Å²) >= 11 is 1.88. The molecule has 0 saturated heterocycles. The normalized spacial score (nSPS) is 14.8. The maximum Gasteiger partial charge on any atom is 0.0561 e. The Hall–Kier alpha value is -5.38. The Labute approximate surface area is 266 Å². The SMILES string of the molecule is C1=CC(N(c2ccc3c(c2)sc2ccccc23)c2ccccc2-c2ccccc2)CC=C1n1c2ccccc2c2ccccc21. The summed E-state index contributed by atoms with van der Waals surface area (Å²) in [7, 11) is 0. The van der Waals surface area contributed by atoms with Gasteiger partial charge in [-0.2, -0.15) is 0 Å². The zero-order valence-electron chi connectivity index (χ0n) is 24.7. The number of allylic oxidation sites excluding steroid dienone is 2. The highest BCUT2D eigenvalue weighted by Gasteiger charge is 2.24. The van der Waals surface area contributed by atoms with E-state index in [9.17, 15) is 0 Å². The topological polar surface area (TPSA) is 8.17 Å². The maximum atomic E-state index is 2.54. The van der Waals surface area contributed by atoms with Gasteiger partial charge in [0.2, 0.25) is 0 Å². The van der Waals surface area contributed by atoms with E-state index in [1.165, 1.54) is 70.2 Å². The Bertz CT molecular complexity index is 2370. The molecular formula is C42H30N2S. The molecule has 8 aromatic rings. The lowest BCUT2D eigenvalue weighted by atomic mass is 9.98. The van der Waals surface area contributed by atoms with Gasteiger partial charge in [-0.25, -0.2) is 0 Å². The molecule has 214 valence electrons. The van der Waals surface area contributed by atoms with E-state index in [0.717, 1.165) is 6.42 Å². The molecule has 1 unspecified atom stereocenters. The summed E-state index contributed by atoms with van der Waals surface area (Å²) in [5.41, 5.74) is 8.60. The molecule has 0 bridgehead atoms. The van der Waals surface area contributed by atoms with Crippen molar-refractivity contribution in [1.82, 2.24) is 4.57 Å². The number of anilines is 2. The molecule has 0 N–H and O–H groups in total. The van der Waals surface area contributed by atoms with Crippen LogP contribution in [0.25, 0.3) is 58.8 Å². The summed E-state index contributed by atoms with van der Waals surface area (Å²) in [5, 5.41) is 5.24. The van der Waals surface area contributed by atoms with Crippen molar-refractivity contribution in [2.24, 2.45) is 0 Å². The Kier molecular flexibility index (Phi) is 6.17. The molecule has 1 aliphatic carbocycles. The van der Waals surface area contributed by atoms with E-state index in [1.807, 2.05) is 11.3 Å². The van der Waals surface area contributed by atoms with Gasteiger partial charge in [-0.3, -0.25) is 0 Å². The molecule has 0 saturated carbocycles. The molecule has 0 radical (unpaired) electrons. The molecule has 0 fully saturated rings. The van der Waals surface area contributed by atoms with E-state index in [0.29, 0.717) is 0 Å². The molecule has 0 aliphatic heterocycles. The van der Waals surface area contributed by atoms with Crippen molar-refractivity contribution in [2.45, 2.75) is 12.5 Å². The molecule has 0 amide bonds. The molecule has 3 heteroatoms. The highest BCUT2D eigenvalue weighted by atomic mass is 32.1. The van der Waals surface area contributed by atoms with Gasteiger partial charge in [-0.05, 0) is 54.5 Å². The maximum absolute atomic E-state index is 2.54. The number of thiophene rings is 1. The first kappa shape index (κ1) is 26.1. The third-order valence-corrected chi connectivity index (χ3v) is 10.3. The Morgan fingerprint density at radius 2 is 1.22 bits per heavy atom. The van der Waals surface area contributed by atoms with Gasteiger partial charge < -0.3 is 9.47 Å². The van der Waals surface area contributed by atoms with Crippen molar-refractivity contribution in [3.8, 4) is 11.1 Å². The smallest absolute Gasteiger partial charge is 0.0561 e. The Morgan fingerprint density at radius 3 is 1.98 bits per heavy atom. The van der Waals surface area contributed by atoms with Crippen molar-refractivity contribution in [3.63, 3.8) is 0 Å². The van der Waals surface area contributed by atoms with Gasteiger partial charge in [0, 0.05) is 53.6 Å². The van der Waals surface area contributed by atoms with E-state index >= 15 is 0 Å². The van der Waals surface area contributed by atoms with Crippen LogP contribution in [-0.4, -0.2) is 10.6 Å². The third kappa shape index (κ3) is 4.31. The van der Waals surface area contributed by atoms with E-state index in [1.54, 1.807) is 0 Å². The lowest BCUT2D eigenvalue weighted by Gasteiger charge is -2.35. The minimum atomic E-state index is 0.151. The van der Waals surface area contributed by atoms with Gasteiger partial charge in [0.05, 0.1) is 17.1 Å². The average molecular weight is 595 g/mol. The minimum absolute atomic E-state index is 0.151. The van der Waals surface area contributed by atoms with Crippen molar-refractivity contribution in [1.29, 1.82) is 0 Å². The predicted octanol–water partition coefficient (Wildman–Crippen LogP) is 11.8. The summed E-state index contributed by atoms with van der Waals surface area (Å²) in [6.07, 6.45) is 8.03. The number of para-hydroxylation sites is 3. The van der Waals surface area contributed by atoms with Crippen LogP contribution in [0.4, 0.5) is 11.4 Å². The van der Waals surface area contributed by atoms with E-state index in [2.05, 4.69) is 173 Å². The van der Waals surface area contributed by atoms with Crippen molar-refractivity contribution < 1.29 is 0 Å². The van der Waals surface area contributed by atoms with Crippen LogP contribution >= 0.6 is 11.3 Å². The molecule has 2 nitrogen and oxygen atoms in total. The lowest BCUT2D eigenvalue weighted by molar-refractivity contribution is 0.784. The summed E-state index contributed by atoms with van der Waals surface area (Å²) in [6.45, 7) is 0. The molecular weight excluding hydrogens is 565 g/mol. The Morgan fingerprint density at radius 1 is 0.578 bits per heavy atom. The van der Waals surface area contributed by atoms with Crippen LogP contribution in [0.2, 0.25) is 0 Å². The number of hydrogen-bond acceptors (Lipinski definition) is 2. The summed E-state index contributed by atoms with van der Waals surface area (Å²) < 4.78 is 5.07. The fourth-order valence-corrected chi connectivity index (χ4v) is 8.21. The van der Waals surface area contributed by atoms with Crippen LogP contribution in [0.1, 0.15) is 6.42 Å². The van der Waals surface area contributed by atoms with Gasteiger partial charge in [0.15, 0.2) is 0 Å². The average Bonchev–Trinajstić information content (AvgIpc) is 3.65. The first-order chi connectivity index (χ1) is 22.3. The van der Waals surface area contributed by atoms with Gasteiger partial charge in [-0.15, -0.1) is 11.3 Å². The van der Waals surface area contributed by atoms with Crippen molar-refractivity contribution in [3.05, 3.63) is 164 Å². The number of nitrogens with zero attached hydrogens (tertiary/aromatic N) is 2. The van der Waals surface area contributed by atoms with E-state index in [4.69, 9.17) is 0 Å². The van der Waals surface area contributed by atoms with Gasteiger partial charge in [0.25, 0.3) is 0 Å². The van der Waals surface area contributed by atoms with Crippen LogP contribution in [0.15, 0.2) is 164 Å². The first-order valence-electron chi connectivity index (χ1n) is 15.6. The van der Waals surface area contributed by atoms with Crippen molar-refractivity contribution >= 4 is 70.4 Å². The number of rotatable bonds is 5. The monoisotopic (exact) mass is 594 g/mol. The van der Waals surface area contributed by atoms with Gasteiger partial charge in [0.1, 0.15) is 0 Å². The molecule has 9 rings (SSSR count). The van der Waals surface area contributed by atoms with Crippen LogP contribution in [0.3, 0.4) is 0 Å². The highest BCUT2D eigenvalue weighted by Crippen LogP contribution is 2.42. The Balaban J connectivity index is 1.18. The van der Waals surface area contributed by atoms with Crippen LogP contribution in [-0.2, 0) is 0 Å². The number of hydrogen-bond donors (Lipinski definition) is 0. The molecule has 2 aromatic heterocycles. The van der Waals surface area contributed by atoms with Crippen LogP contribution in [0, 0.1) is 0 Å². The van der Waals surface area contributed by atoms with Gasteiger partial charge in [-0.1, -0.05) is 121 Å². The number of benzene rings is 6. The number of aromatic nitrogens is 1. The largest absolute Gasteiger partial charge is 0.334 e. The molecule has 45 heavy (non-hydrogen) atoms. The second-order valence-corrected chi connectivity index (χ2v) is 12.8. The summed E-state index contributed by atoms with van der Waals surface area (Å²) in [4.78, 5) is 2.54. The second kappa shape index (κ2) is 10.7. The molecule has 1 aliphatic rings. The zero-order valence-corrected chi connectivity index (χ0v) is 25.5. The minimum Gasteiger partial charge on any atom is -0.334 e. The lowest BCUT2D eigenvalue weighted by Crippen LogP contribution is -2.30. The molecule has 6 aromatic carbocycles. The molecule has 0 spiro atoms. The van der Waals surface area contributed by atoms with Crippen molar-refractivity contribution in [2.75, 3.05) is 4.90 Å². The van der Waals surface area contributed by atoms with Crippen LogP contribution < -0.4 is 4.90 Å². The quantitative estimate of drug-likeness (QED) is 0.192.